The van der Waals surface area contributed by atoms with Gasteiger partial charge in [-0.1, -0.05) is 6.07 Å². The number of hydrogen-bond acceptors (Lipinski definition) is 4. The number of rotatable bonds is 5. The van der Waals surface area contributed by atoms with Gasteiger partial charge in [0.1, 0.15) is 11.5 Å². The Kier molecular flexibility index (Phi) is 4.78. The van der Waals surface area contributed by atoms with Crippen LogP contribution in [0.25, 0.3) is 0 Å². The average molecular weight is 238 g/mol. The molecule has 0 saturated heterocycles. The van der Waals surface area contributed by atoms with Crippen LogP contribution in [0.3, 0.4) is 0 Å². The molecule has 0 heterocycles. The standard InChI is InChI=1S/C12H18N2O3/c1-8(13)10-5-4-9(16-3)6-11(10)17-7-12(15)14-2/h4-6,8H,7,13H2,1-3H3,(H,14,15)/t8-/m0/s1. The molecule has 1 aromatic rings. The van der Waals surface area contributed by atoms with E-state index in [2.05, 4.69) is 5.32 Å². The van der Waals surface area contributed by atoms with Gasteiger partial charge < -0.3 is 20.5 Å². The summed E-state index contributed by atoms with van der Waals surface area (Å²) < 4.78 is 10.5. The molecule has 1 rings (SSSR count). The minimum Gasteiger partial charge on any atom is -0.497 e. The first-order valence-corrected chi connectivity index (χ1v) is 5.35. The molecule has 1 atom stereocenters. The lowest BCUT2D eigenvalue weighted by Gasteiger charge is -2.14. The Morgan fingerprint density at radius 1 is 1.53 bits per heavy atom. The first kappa shape index (κ1) is 13.3. The lowest BCUT2D eigenvalue weighted by Crippen LogP contribution is -2.25. The Bertz CT molecular complexity index is 391. The van der Waals surface area contributed by atoms with E-state index in [0.717, 1.165) is 5.56 Å². The Hall–Kier alpha value is -1.75. The van der Waals surface area contributed by atoms with Crippen molar-refractivity contribution in [1.82, 2.24) is 5.32 Å². The van der Waals surface area contributed by atoms with Crippen molar-refractivity contribution in [2.24, 2.45) is 5.73 Å². The summed E-state index contributed by atoms with van der Waals surface area (Å²) in [4.78, 5) is 11.1. The van der Waals surface area contributed by atoms with Crippen LogP contribution in [-0.2, 0) is 4.79 Å². The zero-order valence-electron chi connectivity index (χ0n) is 10.3. The van der Waals surface area contributed by atoms with E-state index in [1.54, 1.807) is 20.2 Å². The number of carbonyl (C=O) groups is 1. The van der Waals surface area contributed by atoms with Crippen LogP contribution in [-0.4, -0.2) is 26.7 Å². The van der Waals surface area contributed by atoms with Crippen LogP contribution in [0, 0.1) is 0 Å². The molecule has 0 aromatic heterocycles. The van der Waals surface area contributed by atoms with E-state index in [0.29, 0.717) is 11.5 Å². The topological polar surface area (TPSA) is 73.6 Å². The van der Waals surface area contributed by atoms with E-state index >= 15 is 0 Å². The molecule has 0 spiro atoms. The predicted octanol–water partition coefficient (Wildman–Crippen LogP) is 0.840. The molecular formula is C12H18N2O3. The summed E-state index contributed by atoms with van der Waals surface area (Å²) in [6.45, 7) is 1.82. The SMILES string of the molecule is CNC(=O)COc1cc(OC)ccc1[C@H](C)N. The number of methoxy groups -OCH3 is 1. The Labute approximate surface area is 101 Å². The molecule has 0 aliphatic carbocycles. The van der Waals surface area contributed by atoms with Gasteiger partial charge in [0.15, 0.2) is 6.61 Å². The van der Waals surface area contributed by atoms with Crippen molar-refractivity contribution in [2.45, 2.75) is 13.0 Å². The molecular weight excluding hydrogens is 220 g/mol. The second-order valence-electron chi connectivity index (χ2n) is 3.65. The van der Waals surface area contributed by atoms with Gasteiger partial charge in [-0.25, -0.2) is 0 Å². The van der Waals surface area contributed by atoms with Gasteiger partial charge in [-0.3, -0.25) is 4.79 Å². The number of amides is 1. The van der Waals surface area contributed by atoms with Gasteiger partial charge in [-0.05, 0) is 13.0 Å². The fraction of sp³-hybridized carbons (Fsp3) is 0.417. The van der Waals surface area contributed by atoms with Gasteiger partial charge in [0.05, 0.1) is 7.11 Å². The van der Waals surface area contributed by atoms with E-state index < -0.39 is 0 Å². The molecule has 5 heteroatoms. The van der Waals surface area contributed by atoms with Crippen LogP contribution in [0.2, 0.25) is 0 Å². The molecule has 1 amide bonds. The minimum absolute atomic E-state index is 0.0383. The molecule has 5 nitrogen and oxygen atoms in total. The summed E-state index contributed by atoms with van der Waals surface area (Å²) in [6.07, 6.45) is 0. The quantitative estimate of drug-likeness (QED) is 0.797. The van der Waals surface area contributed by atoms with Crippen molar-refractivity contribution in [3.8, 4) is 11.5 Å². The number of hydrogen-bond donors (Lipinski definition) is 2. The van der Waals surface area contributed by atoms with E-state index in [9.17, 15) is 4.79 Å². The normalized spacial score (nSPS) is 11.8. The number of likely N-dealkylation sites (N-methyl/N-ethyl adjacent to an activating group) is 1. The highest BCUT2D eigenvalue weighted by molar-refractivity contribution is 5.77. The summed E-state index contributed by atoms with van der Waals surface area (Å²) in [7, 11) is 3.13. The summed E-state index contributed by atoms with van der Waals surface area (Å²) in [6, 6.07) is 5.20. The predicted molar refractivity (Wildman–Crippen MR) is 65.2 cm³/mol. The van der Waals surface area contributed by atoms with Gasteiger partial charge in [-0.2, -0.15) is 0 Å². The molecule has 0 bridgehead atoms. The first-order chi connectivity index (χ1) is 8.08. The largest absolute Gasteiger partial charge is 0.497 e. The maximum atomic E-state index is 11.1. The monoisotopic (exact) mass is 238 g/mol. The van der Waals surface area contributed by atoms with E-state index in [1.807, 2.05) is 19.1 Å². The van der Waals surface area contributed by atoms with Crippen molar-refractivity contribution in [3.05, 3.63) is 23.8 Å². The minimum atomic E-state index is -0.191. The summed E-state index contributed by atoms with van der Waals surface area (Å²) >= 11 is 0. The second kappa shape index (κ2) is 6.10. The molecule has 0 unspecified atom stereocenters. The molecule has 0 fully saturated rings. The van der Waals surface area contributed by atoms with Crippen molar-refractivity contribution in [3.63, 3.8) is 0 Å². The molecule has 1 aromatic carbocycles. The first-order valence-electron chi connectivity index (χ1n) is 5.35. The van der Waals surface area contributed by atoms with Crippen LogP contribution in [0.5, 0.6) is 11.5 Å². The molecule has 0 saturated carbocycles. The van der Waals surface area contributed by atoms with Crippen LogP contribution >= 0.6 is 0 Å². The van der Waals surface area contributed by atoms with Crippen molar-refractivity contribution in [1.29, 1.82) is 0 Å². The molecule has 94 valence electrons. The van der Waals surface area contributed by atoms with Crippen molar-refractivity contribution >= 4 is 5.91 Å². The third-order valence-electron chi connectivity index (χ3n) is 2.35. The molecule has 0 radical (unpaired) electrons. The highest BCUT2D eigenvalue weighted by Crippen LogP contribution is 2.28. The van der Waals surface area contributed by atoms with Crippen LogP contribution in [0.15, 0.2) is 18.2 Å². The van der Waals surface area contributed by atoms with Crippen LogP contribution < -0.4 is 20.5 Å². The zero-order valence-corrected chi connectivity index (χ0v) is 10.3. The Balaban J connectivity index is 2.89. The lowest BCUT2D eigenvalue weighted by molar-refractivity contribution is -0.122. The van der Waals surface area contributed by atoms with Crippen molar-refractivity contribution in [2.75, 3.05) is 20.8 Å². The number of nitrogens with two attached hydrogens (primary N) is 1. The second-order valence-corrected chi connectivity index (χ2v) is 3.65. The van der Waals surface area contributed by atoms with Gasteiger partial charge in [-0.15, -0.1) is 0 Å². The Morgan fingerprint density at radius 3 is 2.76 bits per heavy atom. The molecule has 0 aliphatic rings. The Morgan fingerprint density at radius 2 is 2.24 bits per heavy atom. The summed E-state index contributed by atoms with van der Waals surface area (Å²) in [5.74, 6) is 1.05. The van der Waals surface area contributed by atoms with Crippen LogP contribution in [0.4, 0.5) is 0 Å². The number of carbonyl (C=O) groups excluding carboxylic acids is 1. The molecule has 3 N–H and O–H groups in total. The highest BCUT2D eigenvalue weighted by Gasteiger charge is 2.10. The van der Waals surface area contributed by atoms with Crippen LogP contribution in [0.1, 0.15) is 18.5 Å². The number of ether oxygens (including phenoxy) is 2. The summed E-state index contributed by atoms with van der Waals surface area (Å²) in [5.41, 5.74) is 6.67. The van der Waals surface area contributed by atoms with Gasteiger partial charge in [0, 0.05) is 24.7 Å². The fourth-order valence-corrected chi connectivity index (χ4v) is 1.36. The van der Waals surface area contributed by atoms with E-state index in [4.69, 9.17) is 15.2 Å². The smallest absolute Gasteiger partial charge is 0.257 e. The van der Waals surface area contributed by atoms with Crippen molar-refractivity contribution < 1.29 is 14.3 Å². The molecule has 0 aliphatic heterocycles. The number of benzene rings is 1. The lowest BCUT2D eigenvalue weighted by atomic mass is 10.1. The van der Waals surface area contributed by atoms with E-state index in [1.165, 1.54) is 0 Å². The number of nitrogens with one attached hydrogen (secondary N) is 1. The molecule has 17 heavy (non-hydrogen) atoms. The van der Waals surface area contributed by atoms with Gasteiger partial charge in [0.25, 0.3) is 5.91 Å². The zero-order chi connectivity index (χ0) is 12.8. The van der Waals surface area contributed by atoms with E-state index in [-0.39, 0.29) is 18.6 Å². The maximum absolute atomic E-state index is 11.1. The maximum Gasteiger partial charge on any atom is 0.257 e. The van der Waals surface area contributed by atoms with Gasteiger partial charge in [0.2, 0.25) is 0 Å². The third-order valence-corrected chi connectivity index (χ3v) is 2.35. The fourth-order valence-electron chi connectivity index (χ4n) is 1.36. The third kappa shape index (κ3) is 3.64. The highest BCUT2D eigenvalue weighted by atomic mass is 16.5. The summed E-state index contributed by atoms with van der Waals surface area (Å²) in [5, 5.41) is 2.49. The average Bonchev–Trinajstić information content (AvgIpc) is 2.35. The van der Waals surface area contributed by atoms with Gasteiger partial charge >= 0.3 is 0 Å².